The van der Waals surface area contributed by atoms with Crippen LogP contribution in [0.1, 0.15) is 55.4 Å². The molecule has 8 heteroatoms. The number of benzene rings is 2. The Morgan fingerprint density at radius 1 is 1.06 bits per heavy atom. The summed E-state index contributed by atoms with van der Waals surface area (Å²) in [6.45, 7) is 8.80. The molecule has 7 nitrogen and oxygen atoms in total. The molecule has 0 aliphatic rings. The molecule has 0 fully saturated rings. The van der Waals surface area contributed by atoms with Crippen molar-refractivity contribution < 1.29 is 14.3 Å². The van der Waals surface area contributed by atoms with Crippen LogP contribution in [0.25, 0.3) is 0 Å². The minimum Gasteiger partial charge on any atom is -0.486 e. The van der Waals surface area contributed by atoms with Gasteiger partial charge in [-0.15, -0.1) is 10.2 Å². The maximum atomic E-state index is 12.3. The molecule has 3 rings (SSSR count). The zero-order valence-corrected chi connectivity index (χ0v) is 19.6. The lowest BCUT2D eigenvalue weighted by Gasteiger charge is -2.10. The van der Waals surface area contributed by atoms with Gasteiger partial charge in [-0.05, 0) is 61.7 Å². The highest BCUT2D eigenvalue weighted by Gasteiger charge is 2.14. The summed E-state index contributed by atoms with van der Waals surface area (Å²) in [4.78, 5) is 23.7. The van der Waals surface area contributed by atoms with Crippen molar-refractivity contribution in [3.8, 4) is 5.75 Å². The van der Waals surface area contributed by atoms with E-state index in [4.69, 9.17) is 4.74 Å². The lowest BCUT2D eigenvalue weighted by molar-refractivity contribution is -0.113. The average Bonchev–Trinajstić information content (AvgIpc) is 3.18. The van der Waals surface area contributed by atoms with Crippen molar-refractivity contribution in [2.45, 2.75) is 51.9 Å². The third-order valence-electron chi connectivity index (χ3n) is 4.93. The van der Waals surface area contributed by atoms with Gasteiger partial charge >= 0.3 is 0 Å². The molecule has 0 radical (unpaired) electrons. The van der Waals surface area contributed by atoms with Crippen molar-refractivity contribution in [1.29, 1.82) is 0 Å². The summed E-state index contributed by atoms with van der Waals surface area (Å²) < 4.78 is 7.82. The number of hydrogen-bond acceptors (Lipinski definition) is 6. The van der Waals surface area contributed by atoms with Crippen LogP contribution in [0.15, 0.2) is 53.7 Å². The summed E-state index contributed by atoms with van der Waals surface area (Å²) in [5, 5.41) is 12.0. The Morgan fingerprint density at radius 2 is 1.75 bits per heavy atom. The smallest absolute Gasteiger partial charge is 0.234 e. The number of anilines is 1. The summed E-state index contributed by atoms with van der Waals surface area (Å²) in [6.07, 6.45) is 0. The van der Waals surface area contributed by atoms with Crippen LogP contribution in [0.3, 0.4) is 0 Å². The first-order chi connectivity index (χ1) is 15.4. The summed E-state index contributed by atoms with van der Waals surface area (Å²) in [7, 11) is 0. The summed E-state index contributed by atoms with van der Waals surface area (Å²) in [6, 6.07) is 14.9. The van der Waals surface area contributed by atoms with Crippen molar-refractivity contribution >= 4 is 29.1 Å². The number of carbonyl (C=O) groups excluding carboxylic acids is 2. The molecular weight excluding hydrogens is 424 g/mol. The highest BCUT2D eigenvalue weighted by molar-refractivity contribution is 7.99. The molecule has 32 heavy (non-hydrogen) atoms. The van der Waals surface area contributed by atoms with Crippen LogP contribution >= 0.6 is 11.8 Å². The standard InChI is InChI=1S/C24H28N4O3S/c1-5-28-22(14-31-21-12-8-18(9-13-21)16(2)3)26-27-24(28)32-15-23(30)25-20-10-6-19(7-11-20)17(4)29/h6-13,16H,5,14-15H2,1-4H3,(H,25,30). The second-order valence-electron chi connectivity index (χ2n) is 7.63. The minimum absolute atomic E-state index is 0.00955. The van der Waals surface area contributed by atoms with Crippen molar-refractivity contribution in [3.63, 3.8) is 0 Å². The summed E-state index contributed by atoms with van der Waals surface area (Å²) in [5.74, 6) is 2.00. The van der Waals surface area contributed by atoms with Crippen molar-refractivity contribution in [2.75, 3.05) is 11.1 Å². The van der Waals surface area contributed by atoms with Gasteiger partial charge in [-0.25, -0.2) is 0 Å². The van der Waals surface area contributed by atoms with Crippen LogP contribution < -0.4 is 10.1 Å². The summed E-state index contributed by atoms with van der Waals surface area (Å²) in [5.41, 5.74) is 2.52. The Morgan fingerprint density at radius 3 is 2.34 bits per heavy atom. The molecule has 3 aromatic rings. The molecule has 1 N–H and O–H groups in total. The second kappa shape index (κ2) is 10.9. The van der Waals surface area contributed by atoms with Crippen LogP contribution in [0.4, 0.5) is 5.69 Å². The number of Topliss-reactive ketones (excluding diaryl/α,β-unsaturated/α-hetero) is 1. The Balaban J connectivity index is 1.54. The van der Waals surface area contributed by atoms with E-state index in [-0.39, 0.29) is 17.4 Å². The van der Waals surface area contributed by atoms with Gasteiger partial charge in [-0.2, -0.15) is 0 Å². The van der Waals surface area contributed by atoms with E-state index >= 15 is 0 Å². The number of ketones is 1. The molecule has 0 bridgehead atoms. The van der Waals surface area contributed by atoms with Gasteiger partial charge in [-0.1, -0.05) is 37.7 Å². The number of carbonyl (C=O) groups is 2. The molecule has 0 atom stereocenters. The Bertz CT molecular complexity index is 1060. The molecule has 168 valence electrons. The number of aromatic nitrogens is 3. The fourth-order valence-electron chi connectivity index (χ4n) is 3.06. The molecule has 0 aliphatic heterocycles. The van der Waals surface area contributed by atoms with Crippen LogP contribution in [0.5, 0.6) is 5.75 Å². The first-order valence-electron chi connectivity index (χ1n) is 10.6. The monoisotopic (exact) mass is 452 g/mol. The summed E-state index contributed by atoms with van der Waals surface area (Å²) >= 11 is 1.32. The van der Waals surface area contributed by atoms with Gasteiger partial charge in [0.2, 0.25) is 5.91 Å². The number of thioether (sulfide) groups is 1. The van der Waals surface area contributed by atoms with Crippen molar-refractivity contribution in [3.05, 3.63) is 65.5 Å². The van der Waals surface area contributed by atoms with E-state index in [1.807, 2.05) is 23.6 Å². The first kappa shape index (κ1) is 23.5. The largest absolute Gasteiger partial charge is 0.486 e. The molecule has 0 aliphatic carbocycles. The highest BCUT2D eigenvalue weighted by Crippen LogP contribution is 2.21. The number of ether oxygens (including phenoxy) is 1. The molecule has 1 amide bonds. The van der Waals surface area contributed by atoms with E-state index in [0.29, 0.717) is 41.3 Å². The third kappa shape index (κ3) is 6.20. The SMILES string of the molecule is CCn1c(COc2ccc(C(C)C)cc2)nnc1SCC(=O)Nc1ccc(C(C)=O)cc1. The topological polar surface area (TPSA) is 86.1 Å². The van der Waals surface area contributed by atoms with E-state index in [2.05, 4.69) is 41.5 Å². The Labute approximate surface area is 192 Å². The second-order valence-corrected chi connectivity index (χ2v) is 8.57. The Hall–Kier alpha value is -3.13. The lowest BCUT2D eigenvalue weighted by atomic mass is 10.0. The molecule has 1 aromatic heterocycles. The fraction of sp³-hybridized carbons (Fsp3) is 0.333. The van der Waals surface area contributed by atoms with E-state index in [9.17, 15) is 9.59 Å². The van der Waals surface area contributed by atoms with Gasteiger partial charge < -0.3 is 14.6 Å². The lowest BCUT2D eigenvalue weighted by Crippen LogP contribution is -2.15. The maximum Gasteiger partial charge on any atom is 0.234 e. The van der Waals surface area contributed by atoms with Gasteiger partial charge in [0.25, 0.3) is 0 Å². The number of amides is 1. The molecule has 0 unspecified atom stereocenters. The molecule has 1 heterocycles. The van der Waals surface area contributed by atoms with Crippen LogP contribution in [-0.2, 0) is 17.9 Å². The van der Waals surface area contributed by atoms with Gasteiger partial charge in [0.15, 0.2) is 16.8 Å². The van der Waals surface area contributed by atoms with Gasteiger partial charge in [-0.3, -0.25) is 9.59 Å². The van der Waals surface area contributed by atoms with E-state index < -0.39 is 0 Å². The van der Waals surface area contributed by atoms with E-state index in [0.717, 1.165) is 5.75 Å². The van der Waals surface area contributed by atoms with Crippen molar-refractivity contribution in [1.82, 2.24) is 14.8 Å². The molecule has 2 aromatic carbocycles. The van der Waals surface area contributed by atoms with Crippen LogP contribution in [0, 0.1) is 0 Å². The molecule has 0 saturated carbocycles. The third-order valence-corrected chi connectivity index (χ3v) is 5.90. The minimum atomic E-state index is -0.153. The van der Waals surface area contributed by atoms with Crippen LogP contribution in [-0.4, -0.2) is 32.2 Å². The molecule has 0 saturated heterocycles. The highest BCUT2D eigenvalue weighted by atomic mass is 32.2. The number of hydrogen-bond donors (Lipinski definition) is 1. The van der Waals surface area contributed by atoms with Gasteiger partial charge in [0.1, 0.15) is 12.4 Å². The predicted octanol–water partition coefficient (Wildman–Crippen LogP) is 4.93. The zero-order chi connectivity index (χ0) is 23.1. The van der Waals surface area contributed by atoms with E-state index in [1.54, 1.807) is 24.3 Å². The molecule has 0 spiro atoms. The number of nitrogens with one attached hydrogen (secondary N) is 1. The van der Waals surface area contributed by atoms with Crippen LogP contribution in [0.2, 0.25) is 0 Å². The van der Waals surface area contributed by atoms with Gasteiger partial charge in [0, 0.05) is 17.8 Å². The number of rotatable bonds is 10. The molecular formula is C24H28N4O3S. The van der Waals surface area contributed by atoms with Crippen molar-refractivity contribution in [2.24, 2.45) is 0 Å². The quantitative estimate of drug-likeness (QED) is 0.347. The Kier molecular flexibility index (Phi) is 8.05. The van der Waals surface area contributed by atoms with Gasteiger partial charge in [0.05, 0.1) is 5.75 Å². The zero-order valence-electron chi connectivity index (χ0n) is 18.8. The first-order valence-corrected chi connectivity index (χ1v) is 11.5. The average molecular weight is 453 g/mol. The normalized spacial score (nSPS) is 10.9. The van der Waals surface area contributed by atoms with E-state index in [1.165, 1.54) is 24.2 Å². The predicted molar refractivity (Wildman–Crippen MR) is 126 cm³/mol. The fourth-order valence-corrected chi connectivity index (χ4v) is 3.88. The maximum absolute atomic E-state index is 12.3. The number of nitrogens with zero attached hydrogens (tertiary/aromatic N) is 3.